The van der Waals surface area contributed by atoms with Crippen molar-refractivity contribution in [3.63, 3.8) is 0 Å². The first-order valence-electron chi connectivity index (χ1n) is 4.05. The van der Waals surface area contributed by atoms with Crippen LogP contribution in [-0.4, -0.2) is 10.1 Å². The lowest BCUT2D eigenvalue weighted by Crippen LogP contribution is -2.09. The van der Waals surface area contributed by atoms with Crippen molar-refractivity contribution in [3.8, 4) is 11.8 Å². The van der Waals surface area contributed by atoms with Gasteiger partial charge in [0.05, 0.1) is 12.7 Å². The monoisotopic (exact) mass is 456 g/mol. The third kappa shape index (κ3) is 3.29. The van der Waals surface area contributed by atoms with E-state index in [1.54, 1.807) is 18.2 Å². The van der Waals surface area contributed by atoms with Crippen LogP contribution in [0.2, 0.25) is 0 Å². The van der Waals surface area contributed by atoms with Gasteiger partial charge < -0.3 is 10.8 Å². The smallest absolute Gasteiger partial charge is 0.142 e. The Bertz CT molecular complexity index is 497. The van der Waals surface area contributed by atoms with E-state index in [1.165, 1.54) is 0 Å². The van der Waals surface area contributed by atoms with Gasteiger partial charge in [0.25, 0.3) is 0 Å². The minimum Gasteiger partial charge on any atom is -0.506 e. The summed E-state index contributed by atoms with van der Waals surface area (Å²) >= 11 is 8.78. The van der Waals surface area contributed by atoms with Crippen LogP contribution in [0.4, 0.5) is 0 Å². The average molecular weight is 456 g/mol. The quantitative estimate of drug-likeness (QED) is 0.311. The first kappa shape index (κ1) is 13.7. The molecule has 0 aliphatic carbocycles. The van der Waals surface area contributed by atoms with Crippen molar-refractivity contribution in [2.75, 3.05) is 0 Å². The predicted molar refractivity (Wildman–Crippen MR) is 83.9 cm³/mol. The van der Waals surface area contributed by atoms with Crippen LogP contribution in [0, 0.1) is 18.5 Å². The van der Waals surface area contributed by atoms with Gasteiger partial charge in [-0.05, 0) is 69.0 Å². The summed E-state index contributed by atoms with van der Waals surface area (Å²) in [6, 6.07) is 5.45. The van der Waals surface area contributed by atoms with Gasteiger partial charge in [0.2, 0.25) is 0 Å². The molecule has 0 saturated heterocycles. The molecule has 0 aliphatic rings. The van der Waals surface area contributed by atoms with Gasteiger partial charge in [-0.15, -0.1) is 0 Å². The van der Waals surface area contributed by atoms with E-state index in [2.05, 4.69) is 0 Å². The molecule has 3 N–H and O–H groups in total. The van der Waals surface area contributed by atoms with Crippen molar-refractivity contribution in [1.82, 2.24) is 0 Å². The van der Waals surface area contributed by atoms with Gasteiger partial charge >= 0.3 is 0 Å². The highest BCUT2D eigenvalue weighted by atomic mass is 127. The highest BCUT2D eigenvalue weighted by Gasteiger charge is 2.06. The summed E-state index contributed by atoms with van der Waals surface area (Å²) in [5.74, 6) is 0.243. The maximum Gasteiger partial charge on any atom is 0.142 e. The fourth-order valence-corrected chi connectivity index (χ4v) is 2.91. The number of rotatable bonds is 2. The summed E-state index contributed by atoms with van der Waals surface area (Å²) in [6.07, 6.45) is 1.60. The first-order valence-corrected chi connectivity index (χ1v) is 6.62. The van der Waals surface area contributed by atoms with Gasteiger partial charge in [0, 0.05) is 0 Å². The van der Waals surface area contributed by atoms with E-state index < -0.39 is 0 Å². The van der Waals surface area contributed by atoms with Crippen LogP contribution in [0.5, 0.6) is 5.75 Å². The van der Waals surface area contributed by atoms with Crippen molar-refractivity contribution < 1.29 is 5.11 Å². The topological polar surface area (TPSA) is 70.0 Å². The van der Waals surface area contributed by atoms with Gasteiger partial charge in [-0.3, -0.25) is 0 Å². The number of aromatic hydroxyl groups is 1. The molecule has 0 bridgehead atoms. The molecule has 0 atom stereocenters. The fourth-order valence-electron chi connectivity index (χ4n) is 0.994. The Morgan fingerprint density at radius 3 is 2.31 bits per heavy atom. The molecule has 0 amide bonds. The Morgan fingerprint density at radius 1 is 1.44 bits per heavy atom. The van der Waals surface area contributed by atoms with E-state index in [0.717, 1.165) is 12.7 Å². The summed E-state index contributed by atoms with van der Waals surface area (Å²) in [6.45, 7) is 0. The fraction of sp³-hybridized carbons (Fsp3) is 0. The zero-order valence-electron chi connectivity index (χ0n) is 7.87. The molecule has 3 nitrogen and oxygen atoms in total. The van der Waals surface area contributed by atoms with Gasteiger partial charge in [-0.1, -0.05) is 12.2 Å². The Balaban J connectivity index is 3.27. The van der Waals surface area contributed by atoms with Crippen molar-refractivity contribution in [3.05, 3.63) is 30.4 Å². The summed E-state index contributed by atoms with van der Waals surface area (Å²) in [5.41, 5.74) is 6.43. The van der Waals surface area contributed by atoms with Crippen molar-refractivity contribution in [1.29, 1.82) is 5.26 Å². The summed E-state index contributed by atoms with van der Waals surface area (Å²) in [5, 5.41) is 18.4. The number of phenolic OH excluding ortho intramolecular Hbond substituents is 1. The number of phenols is 1. The second-order valence-electron chi connectivity index (χ2n) is 2.87. The lowest BCUT2D eigenvalue weighted by Gasteiger charge is -2.03. The maximum atomic E-state index is 9.58. The van der Waals surface area contributed by atoms with E-state index in [-0.39, 0.29) is 16.3 Å². The van der Waals surface area contributed by atoms with Crippen molar-refractivity contribution in [2.45, 2.75) is 0 Å². The molecule has 0 fully saturated rings. The van der Waals surface area contributed by atoms with Gasteiger partial charge in [0.15, 0.2) is 0 Å². The van der Waals surface area contributed by atoms with E-state index in [4.69, 9.17) is 23.2 Å². The molecule has 0 spiro atoms. The lowest BCUT2D eigenvalue weighted by molar-refractivity contribution is 0.467. The summed E-state index contributed by atoms with van der Waals surface area (Å²) in [7, 11) is 0. The van der Waals surface area contributed by atoms with Crippen LogP contribution < -0.4 is 5.73 Å². The minimum atomic E-state index is 0.0700. The van der Waals surface area contributed by atoms with Gasteiger partial charge in [-0.2, -0.15) is 5.26 Å². The predicted octanol–water partition coefficient (Wildman–Crippen LogP) is 2.79. The molecule has 0 saturated carbocycles. The molecule has 1 rings (SSSR count). The molecule has 1 aromatic carbocycles. The van der Waals surface area contributed by atoms with E-state index in [0.29, 0.717) is 0 Å². The molecule has 0 aromatic heterocycles. The first-order chi connectivity index (χ1) is 7.45. The second-order valence-corrected chi connectivity index (χ2v) is 5.63. The van der Waals surface area contributed by atoms with Crippen LogP contribution in [0.3, 0.4) is 0 Å². The third-order valence-corrected chi connectivity index (χ3v) is 3.60. The average Bonchev–Trinajstić information content (AvgIpc) is 2.21. The Labute approximate surface area is 126 Å². The molecule has 16 heavy (non-hydrogen) atoms. The number of hydrogen-bond donors (Lipinski definition) is 2. The van der Waals surface area contributed by atoms with Crippen LogP contribution >= 0.6 is 57.4 Å². The number of halogens is 2. The number of hydrogen-bond acceptors (Lipinski definition) is 3. The van der Waals surface area contributed by atoms with Crippen LogP contribution in [-0.2, 0) is 0 Å². The van der Waals surface area contributed by atoms with Crippen molar-refractivity contribution >= 4 is 68.5 Å². The molecule has 0 heterocycles. The number of nitriles is 1. The SMILES string of the molecule is N#C/C(=C\c1cc(I)c(O)c(I)c1)C(N)=S. The highest BCUT2D eigenvalue weighted by molar-refractivity contribution is 14.1. The molecule has 6 heteroatoms. The largest absolute Gasteiger partial charge is 0.506 e. The molecule has 0 unspecified atom stereocenters. The zero-order valence-corrected chi connectivity index (χ0v) is 13.0. The third-order valence-electron chi connectivity index (χ3n) is 1.74. The maximum absolute atomic E-state index is 9.58. The van der Waals surface area contributed by atoms with Gasteiger partial charge in [-0.25, -0.2) is 0 Å². The second kappa shape index (κ2) is 5.79. The van der Waals surface area contributed by atoms with Crippen molar-refractivity contribution in [2.24, 2.45) is 5.73 Å². The highest BCUT2D eigenvalue weighted by Crippen LogP contribution is 2.28. The van der Waals surface area contributed by atoms with E-state index in [9.17, 15) is 5.11 Å². The Morgan fingerprint density at radius 2 is 1.94 bits per heavy atom. The standard InChI is InChI=1S/C10H6I2N2OS/c11-7-2-5(3-8(12)9(7)15)1-6(4-13)10(14)16/h1-3,15H,(H2,14,16)/b6-1+. The molecule has 0 radical (unpaired) electrons. The van der Waals surface area contributed by atoms with E-state index in [1.807, 2.05) is 51.3 Å². The van der Waals surface area contributed by atoms with E-state index >= 15 is 0 Å². The normalized spacial score (nSPS) is 10.9. The van der Waals surface area contributed by atoms with Crippen LogP contribution in [0.1, 0.15) is 5.56 Å². The minimum absolute atomic E-state index is 0.0700. The van der Waals surface area contributed by atoms with Crippen LogP contribution in [0.15, 0.2) is 17.7 Å². The number of benzene rings is 1. The summed E-state index contributed by atoms with van der Waals surface area (Å²) in [4.78, 5) is 0.0700. The lowest BCUT2D eigenvalue weighted by atomic mass is 10.1. The Hall–Kier alpha value is -0.400. The molecule has 1 aromatic rings. The number of nitrogens with zero attached hydrogens (tertiary/aromatic N) is 1. The van der Waals surface area contributed by atoms with Crippen LogP contribution in [0.25, 0.3) is 6.08 Å². The molecular weight excluding hydrogens is 450 g/mol. The van der Waals surface area contributed by atoms with Gasteiger partial charge in [0.1, 0.15) is 16.8 Å². The molecule has 0 aliphatic heterocycles. The summed E-state index contributed by atoms with van der Waals surface area (Å²) < 4.78 is 1.44. The number of thiocarbonyl (C=S) groups is 1. The molecule has 82 valence electrons. The Kier molecular flexibility index (Phi) is 4.94. The molecular formula is C10H6I2N2OS. The number of nitrogens with two attached hydrogens (primary N) is 1. The zero-order chi connectivity index (χ0) is 12.3.